The predicted octanol–water partition coefficient (Wildman–Crippen LogP) is 4.00. The van der Waals surface area contributed by atoms with Crippen LogP contribution in [0, 0.1) is 0 Å². The molecule has 7 nitrogen and oxygen atoms in total. The van der Waals surface area contributed by atoms with Crippen LogP contribution in [0.5, 0.6) is 17.4 Å². The van der Waals surface area contributed by atoms with E-state index in [2.05, 4.69) is 20.6 Å². The molecule has 0 spiro atoms. The molecule has 1 aliphatic rings. The van der Waals surface area contributed by atoms with Gasteiger partial charge < -0.3 is 24.8 Å². The predicted molar refractivity (Wildman–Crippen MR) is 115 cm³/mol. The van der Waals surface area contributed by atoms with Crippen molar-refractivity contribution < 1.29 is 14.2 Å². The minimum atomic E-state index is 0.297. The molecule has 1 fully saturated rings. The van der Waals surface area contributed by atoms with Gasteiger partial charge in [0.05, 0.1) is 20.8 Å². The molecule has 156 valence electrons. The van der Waals surface area contributed by atoms with Crippen molar-refractivity contribution in [3.05, 3.63) is 42.1 Å². The van der Waals surface area contributed by atoms with Crippen LogP contribution in [0.4, 0.5) is 5.69 Å². The smallest absolute Gasteiger partial charge is 0.213 e. The number of hydrogen-bond acceptors (Lipinski definition) is 5. The zero-order chi connectivity index (χ0) is 20.5. The van der Waals surface area contributed by atoms with Crippen molar-refractivity contribution in [1.82, 2.24) is 10.3 Å². The molecule has 3 rings (SSSR count). The highest BCUT2D eigenvalue weighted by atomic mass is 16.5. The number of nitrogens with one attached hydrogen (secondary N) is 2. The zero-order valence-corrected chi connectivity index (χ0v) is 17.4. The monoisotopic (exact) mass is 398 g/mol. The number of pyridine rings is 1. The first kappa shape index (κ1) is 20.8. The highest BCUT2D eigenvalue weighted by Gasteiger charge is 2.17. The Bertz CT molecular complexity index is 819. The maximum absolute atomic E-state index is 6.00. The van der Waals surface area contributed by atoms with E-state index in [9.17, 15) is 0 Å². The second kappa shape index (κ2) is 10.5. The Balaban J connectivity index is 1.67. The first-order valence-electron chi connectivity index (χ1n) is 10.1. The normalized spacial score (nSPS) is 14.5. The molecule has 2 N–H and O–H groups in total. The van der Waals surface area contributed by atoms with Gasteiger partial charge in [0, 0.05) is 30.6 Å². The highest BCUT2D eigenvalue weighted by molar-refractivity contribution is 5.93. The van der Waals surface area contributed by atoms with E-state index in [1.807, 2.05) is 37.3 Å². The van der Waals surface area contributed by atoms with Crippen LogP contribution in [0.3, 0.4) is 0 Å². The van der Waals surface area contributed by atoms with Crippen molar-refractivity contribution >= 4 is 11.6 Å². The topological polar surface area (TPSA) is 77.0 Å². The van der Waals surface area contributed by atoms with Crippen molar-refractivity contribution in [2.24, 2.45) is 4.99 Å². The molecule has 0 unspecified atom stereocenters. The van der Waals surface area contributed by atoms with Crippen LogP contribution in [0.15, 0.2) is 41.5 Å². The molecule has 0 saturated heterocycles. The third kappa shape index (κ3) is 6.01. The standard InChI is InChI=1S/C22H30N4O3/c1-4-23-22(26-17-9-10-19(27-2)20(14-17)28-3)25-15-16-11-12-24-21(13-16)29-18-7-5-6-8-18/h9-14,18H,4-8,15H2,1-3H3,(H2,23,25,26). The molecule has 0 aliphatic heterocycles. The molecule has 2 aromatic rings. The second-order valence-electron chi connectivity index (χ2n) is 6.92. The number of ether oxygens (including phenoxy) is 3. The van der Waals surface area contributed by atoms with Crippen LogP contribution in [0.1, 0.15) is 38.2 Å². The van der Waals surface area contributed by atoms with Gasteiger partial charge in [-0.1, -0.05) is 0 Å². The molecular weight excluding hydrogens is 368 g/mol. The first-order valence-corrected chi connectivity index (χ1v) is 10.1. The summed E-state index contributed by atoms with van der Waals surface area (Å²) in [4.78, 5) is 9.03. The molecule has 29 heavy (non-hydrogen) atoms. The average molecular weight is 399 g/mol. The van der Waals surface area contributed by atoms with Crippen molar-refractivity contribution in [1.29, 1.82) is 0 Å². The zero-order valence-electron chi connectivity index (χ0n) is 17.4. The summed E-state index contributed by atoms with van der Waals surface area (Å²) in [5.41, 5.74) is 1.92. The molecule has 0 amide bonds. The lowest BCUT2D eigenvalue weighted by Crippen LogP contribution is -2.30. The fourth-order valence-corrected chi connectivity index (χ4v) is 3.32. The number of rotatable bonds is 8. The molecule has 1 aromatic heterocycles. The molecular formula is C22H30N4O3. The van der Waals surface area contributed by atoms with E-state index in [1.54, 1.807) is 20.4 Å². The average Bonchev–Trinajstić information content (AvgIpc) is 3.25. The van der Waals surface area contributed by atoms with Crippen LogP contribution in [-0.2, 0) is 6.54 Å². The van der Waals surface area contributed by atoms with E-state index in [-0.39, 0.29) is 0 Å². The fourth-order valence-electron chi connectivity index (χ4n) is 3.32. The van der Waals surface area contributed by atoms with Gasteiger partial charge in [0.1, 0.15) is 6.10 Å². The van der Waals surface area contributed by atoms with Gasteiger partial charge in [0.15, 0.2) is 17.5 Å². The number of aliphatic imine (C=N–C) groups is 1. The maximum atomic E-state index is 6.00. The number of guanidine groups is 1. The number of methoxy groups -OCH3 is 2. The Morgan fingerprint density at radius 3 is 2.62 bits per heavy atom. The van der Waals surface area contributed by atoms with Crippen molar-refractivity contribution in [3.8, 4) is 17.4 Å². The third-order valence-electron chi connectivity index (χ3n) is 4.80. The summed E-state index contributed by atoms with van der Waals surface area (Å²) in [6, 6.07) is 9.60. The quantitative estimate of drug-likeness (QED) is 0.517. The first-order chi connectivity index (χ1) is 14.2. The highest BCUT2D eigenvalue weighted by Crippen LogP contribution is 2.29. The second-order valence-corrected chi connectivity index (χ2v) is 6.92. The van der Waals surface area contributed by atoms with Crippen LogP contribution in [0.25, 0.3) is 0 Å². The van der Waals surface area contributed by atoms with E-state index < -0.39 is 0 Å². The Hall–Kier alpha value is -2.96. The number of nitrogens with zero attached hydrogens (tertiary/aromatic N) is 2. The minimum absolute atomic E-state index is 0.297. The molecule has 1 heterocycles. The van der Waals surface area contributed by atoms with Gasteiger partial charge in [0.25, 0.3) is 0 Å². The van der Waals surface area contributed by atoms with Gasteiger partial charge >= 0.3 is 0 Å². The summed E-state index contributed by atoms with van der Waals surface area (Å²) >= 11 is 0. The van der Waals surface area contributed by atoms with E-state index in [0.717, 1.165) is 30.6 Å². The van der Waals surface area contributed by atoms with Crippen molar-refractivity contribution in [2.75, 3.05) is 26.1 Å². The summed E-state index contributed by atoms with van der Waals surface area (Å²) in [5, 5.41) is 6.57. The molecule has 1 aliphatic carbocycles. The lowest BCUT2D eigenvalue weighted by atomic mass is 10.2. The largest absolute Gasteiger partial charge is 0.493 e. The Morgan fingerprint density at radius 2 is 1.90 bits per heavy atom. The Labute approximate surface area is 172 Å². The maximum Gasteiger partial charge on any atom is 0.213 e. The van der Waals surface area contributed by atoms with Gasteiger partial charge in [-0.05, 0) is 56.4 Å². The molecule has 1 aromatic carbocycles. The van der Waals surface area contributed by atoms with Crippen LogP contribution < -0.4 is 24.8 Å². The molecule has 0 radical (unpaired) electrons. The molecule has 0 atom stereocenters. The fraction of sp³-hybridized carbons (Fsp3) is 0.455. The van der Waals surface area contributed by atoms with Gasteiger partial charge in [-0.3, -0.25) is 0 Å². The van der Waals surface area contributed by atoms with Crippen LogP contribution in [0.2, 0.25) is 0 Å². The minimum Gasteiger partial charge on any atom is -0.493 e. The van der Waals surface area contributed by atoms with Gasteiger partial charge in [0.2, 0.25) is 5.88 Å². The van der Waals surface area contributed by atoms with Crippen LogP contribution >= 0.6 is 0 Å². The molecule has 0 bridgehead atoms. The number of anilines is 1. The Morgan fingerprint density at radius 1 is 1.10 bits per heavy atom. The lowest BCUT2D eigenvalue weighted by molar-refractivity contribution is 0.201. The van der Waals surface area contributed by atoms with Gasteiger partial charge in [-0.25, -0.2) is 9.98 Å². The van der Waals surface area contributed by atoms with Gasteiger partial charge in [-0.2, -0.15) is 0 Å². The number of hydrogen-bond donors (Lipinski definition) is 2. The summed E-state index contributed by atoms with van der Waals surface area (Å²) in [7, 11) is 3.24. The Kier molecular flexibility index (Phi) is 7.55. The van der Waals surface area contributed by atoms with Crippen molar-refractivity contribution in [2.45, 2.75) is 45.3 Å². The lowest BCUT2D eigenvalue weighted by Gasteiger charge is -2.14. The summed E-state index contributed by atoms with van der Waals surface area (Å²) in [6.07, 6.45) is 6.79. The van der Waals surface area contributed by atoms with Crippen molar-refractivity contribution in [3.63, 3.8) is 0 Å². The summed E-state index contributed by atoms with van der Waals surface area (Å²) in [6.45, 7) is 3.31. The SMILES string of the molecule is CCNC(=NCc1ccnc(OC2CCCC2)c1)Nc1ccc(OC)c(OC)c1. The third-order valence-corrected chi connectivity index (χ3v) is 4.80. The van der Waals surface area contributed by atoms with E-state index >= 15 is 0 Å². The number of benzene rings is 1. The van der Waals surface area contributed by atoms with E-state index in [1.165, 1.54) is 12.8 Å². The van der Waals surface area contributed by atoms with Gasteiger partial charge in [-0.15, -0.1) is 0 Å². The number of aromatic nitrogens is 1. The summed E-state index contributed by atoms with van der Waals surface area (Å²) in [5.74, 6) is 2.72. The summed E-state index contributed by atoms with van der Waals surface area (Å²) < 4.78 is 16.7. The molecule has 1 saturated carbocycles. The van der Waals surface area contributed by atoms with E-state index in [0.29, 0.717) is 36.0 Å². The molecule has 7 heteroatoms. The van der Waals surface area contributed by atoms with E-state index in [4.69, 9.17) is 14.2 Å². The van der Waals surface area contributed by atoms with Crippen LogP contribution in [-0.4, -0.2) is 37.8 Å².